The molecule has 2 rings (SSSR count). The molecule has 0 aromatic heterocycles. The van der Waals surface area contributed by atoms with Gasteiger partial charge in [-0.1, -0.05) is 11.6 Å². The number of ether oxygens (including phenoxy) is 1. The quantitative estimate of drug-likeness (QED) is 0.767. The summed E-state index contributed by atoms with van der Waals surface area (Å²) in [7, 11) is 0. The molecule has 0 aliphatic carbocycles. The first-order chi connectivity index (χ1) is 6.77. The van der Waals surface area contributed by atoms with Gasteiger partial charge in [-0.2, -0.15) is 0 Å². The summed E-state index contributed by atoms with van der Waals surface area (Å²) in [5.74, 6) is 0.858. The lowest BCUT2D eigenvalue weighted by Crippen LogP contribution is -1.90. The van der Waals surface area contributed by atoms with E-state index < -0.39 is 0 Å². The lowest BCUT2D eigenvalue weighted by molar-refractivity contribution is 0.427. The summed E-state index contributed by atoms with van der Waals surface area (Å²) in [6.07, 6.45) is 6.39. The van der Waals surface area contributed by atoms with Crippen molar-refractivity contribution in [3.8, 4) is 5.75 Å². The Hall–Kier alpha value is -1.41. The van der Waals surface area contributed by atoms with Gasteiger partial charge in [-0.15, -0.1) is 0 Å². The first kappa shape index (κ1) is 9.16. The average Bonchev–Trinajstić information content (AvgIpc) is 2.23. The van der Waals surface area contributed by atoms with Gasteiger partial charge >= 0.3 is 0 Å². The van der Waals surface area contributed by atoms with Crippen LogP contribution in [0.1, 0.15) is 12.0 Å². The van der Waals surface area contributed by atoms with Gasteiger partial charge in [0.25, 0.3) is 0 Å². The van der Waals surface area contributed by atoms with Crippen LogP contribution in [0.5, 0.6) is 5.75 Å². The highest BCUT2D eigenvalue weighted by molar-refractivity contribution is 6.32. The molecule has 0 atom stereocenters. The largest absolute Gasteiger partial charge is 0.506 e. The number of halogens is 1. The molecule has 0 bridgehead atoms. The summed E-state index contributed by atoms with van der Waals surface area (Å²) in [5, 5.41) is 9.57. The predicted octanol–water partition coefficient (Wildman–Crippen LogP) is 3.32. The van der Waals surface area contributed by atoms with Gasteiger partial charge in [0.15, 0.2) is 0 Å². The summed E-state index contributed by atoms with van der Waals surface area (Å²) in [6.45, 7) is 0. The van der Waals surface area contributed by atoms with Gasteiger partial charge in [0.1, 0.15) is 11.5 Å². The van der Waals surface area contributed by atoms with E-state index in [2.05, 4.69) is 0 Å². The van der Waals surface area contributed by atoms with Gasteiger partial charge in [0.05, 0.1) is 11.3 Å². The van der Waals surface area contributed by atoms with Crippen LogP contribution in [-0.4, -0.2) is 5.11 Å². The van der Waals surface area contributed by atoms with Crippen LogP contribution >= 0.6 is 11.6 Å². The van der Waals surface area contributed by atoms with Gasteiger partial charge in [0.2, 0.25) is 0 Å². The minimum atomic E-state index is 0.0855. The standard InChI is InChI=1S/C11H9ClO2/c12-9-7-8(4-5-10(9)13)11-3-1-2-6-14-11/h2-7,13H,1H2. The number of benzene rings is 1. The van der Waals surface area contributed by atoms with Gasteiger partial charge in [-0.25, -0.2) is 0 Å². The van der Waals surface area contributed by atoms with Crippen LogP contribution in [0.15, 0.2) is 36.6 Å². The maximum Gasteiger partial charge on any atom is 0.134 e. The van der Waals surface area contributed by atoms with E-state index in [4.69, 9.17) is 16.3 Å². The first-order valence-electron chi connectivity index (χ1n) is 4.28. The highest BCUT2D eigenvalue weighted by atomic mass is 35.5. The third-order valence-electron chi connectivity index (χ3n) is 1.96. The molecule has 0 spiro atoms. The fourth-order valence-electron chi connectivity index (χ4n) is 1.25. The normalized spacial score (nSPS) is 14.8. The highest BCUT2D eigenvalue weighted by Gasteiger charge is 2.06. The zero-order chi connectivity index (χ0) is 9.97. The fraction of sp³-hybridized carbons (Fsp3) is 0.0909. The minimum Gasteiger partial charge on any atom is -0.506 e. The Balaban J connectivity index is 2.33. The van der Waals surface area contributed by atoms with Crippen molar-refractivity contribution in [3.05, 3.63) is 47.2 Å². The molecule has 1 aliphatic heterocycles. The Morgan fingerprint density at radius 2 is 2.21 bits per heavy atom. The van der Waals surface area contributed by atoms with Crippen molar-refractivity contribution in [2.45, 2.75) is 6.42 Å². The minimum absolute atomic E-state index is 0.0855. The molecule has 1 aromatic carbocycles. The summed E-state index contributed by atoms with van der Waals surface area (Å²) in [4.78, 5) is 0. The van der Waals surface area contributed by atoms with Crippen molar-refractivity contribution >= 4 is 17.4 Å². The Morgan fingerprint density at radius 1 is 1.36 bits per heavy atom. The molecule has 14 heavy (non-hydrogen) atoms. The molecular formula is C11H9ClO2. The third-order valence-corrected chi connectivity index (χ3v) is 2.27. The predicted molar refractivity (Wildman–Crippen MR) is 55.9 cm³/mol. The van der Waals surface area contributed by atoms with E-state index in [1.807, 2.05) is 12.2 Å². The van der Waals surface area contributed by atoms with E-state index >= 15 is 0 Å². The fourth-order valence-corrected chi connectivity index (χ4v) is 1.43. The second-order valence-electron chi connectivity index (χ2n) is 2.96. The van der Waals surface area contributed by atoms with Gasteiger partial charge in [0, 0.05) is 5.56 Å². The average molecular weight is 209 g/mol. The molecule has 72 valence electrons. The van der Waals surface area contributed by atoms with E-state index in [1.54, 1.807) is 24.5 Å². The van der Waals surface area contributed by atoms with Crippen LogP contribution in [0, 0.1) is 0 Å². The van der Waals surface area contributed by atoms with E-state index in [9.17, 15) is 5.11 Å². The van der Waals surface area contributed by atoms with Gasteiger partial charge in [-0.05, 0) is 36.8 Å². The Kier molecular flexibility index (Phi) is 2.46. The summed E-state index contributed by atoms with van der Waals surface area (Å²) in [6, 6.07) is 5.01. The molecule has 0 radical (unpaired) electrons. The molecule has 1 aromatic rings. The maximum atomic E-state index is 9.24. The lowest BCUT2D eigenvalue weighted by Gasteiger charge is -2.10. The van der Waals surface area contributed by atoms with Crippen LogP contribution < -0.4 is 0 Å². The molecule has 1 heterocycles. The zero-order valence-corrected chi connectivity index (χ0v) is 8.16. The Bertz CT molecular complexity index is 408. The summed E-state index contributed by atoms with van der Waals surface area (Å²) < 4.78 is 5.30. The first-order valence-corrected chi connectivity index (χ1v) is 4.66. The molecule has 0 saturated heterocycles. The highest BCUT2D eigenvalue weighted by Crippen LogP contribution is 2.28. The smallest absolute Gasteiger partial charge is 0.134 e. The van der Waals surface area contributed by atoms with E-state index in [1.165, 1.54) is 0 Å². The summed E-state index contributed by atoms with van der Waals surface area (Å²) >= 11 is 5.78. The second kappa shape index (κ2) is 3.76. The van der Waals surface area contributed by atoms with Crippen molar-refractivity contribution in [1.82, 2.24) is 0 Å². The number of rotatable bonds is 1. The van der Waals surface area contributed by atoms with Crippen LogP contribution in [0.4, 0.5) is 0 Å². The van der Waals surface area contributed by atoms with Crippen molar-refractivity contribution in [3.63, 3.8) is 0 Å². The van der Waals surface area contributed by atoms with Crippen LogP contribution in [0.25, 0.3) is 5.76 Å². The number of hydrogen-bond donors (Lipinski definition) is 1. The van der Waals surface area contributed by atoms with Crippen LogP contribution in [-0.2, 0) is 4.74 Å². The Morgan fingerprint density at radius 3 is 2.86 bits per heavy atom. The van der Waals surface area contributed by atoms with E-state index in [0.29, 0.717) is 5.02 Å². The number of phenolic OH excluding ortho intramolecular Hbond substituents is 1. The number of hydrogen-bond acceptors (Lipinski definition) is 2. The Labute approximate surface area is 87.1 Å². The van der Waals surface area contributed by atoms with Crippen molar-refractivity contribution < 1.29 is 9.84 Å². The SMILES string of the molecule is Oc1ccc(C2=CCC=CO2)cc1Cl. The molecule has 2 nitrogen and oxygen atoms in total. The van der Waals surface area contributed by atoms with Crippen molar-refractivity contribution in [2.75, 3.05) is 0 Å². The molecule has 3 heteroatoms. The molecule has 0 amide bonds. The van der Waals surface area contributed by atoms with E-state index in [-0.39, 0.29) is 5.75 Å². The van der Waals surface area contributed by atoms with Crippen LogP contribution in [0.3, 0.4) is 0 Å². The number of aromatic hydroxyl groups is 1. The van der Waals surface area contributed by atoms with Gasteiger partial charge in [-0.3, -0.25) is 0 Å². The molecule has 1 N–H and O–H groups in total. The van der Waals surface area contributed by atoms with Crippen LogP contribution in [0.2, 0.25) is 5.02 Å². The maximum absolute atomic E-state index is 9.24. The van der Waals surface area contributed by atoms with E-state index in [0.717, 1.165) is 17.7 Å². The number of allylic oxidation sites excluding steroid dienone is 2. The van der Waals surface area contributed by atoms with Crippen molar-refractivity contribution in [1.29, 1.82) is 0 Å². The van der Waals surface area contributed by atoms with Gasteiger partial charge < -0.3 is 9.84 Å². The molecule has 1 aliphatic rings. The molecule has 0 fully saturated rings. The third kappa shape index (κ3) is 1.75. The molecule has 0 saturated carbocycles. The number of phenols is 1. The van der Waals surface area contributed by atoms with Crippen molar-refractivity contribution in [2.24, 2.45) is 0 Å². The molecular weight excluding hydrogens is 200 g/mol. The zero-order valence-electron chi connectivity index (χ0n) is 7.40. The molecule has 0 unspecified atom stereocenters. The monoisotopic (exact) mass is 208 g/mol. The lowest BCUT2D eigenvalue weighted by atomic mass is 10.1. The topological polar surface area (TPSA) is 29.5 Å². The summed E-state index contributed by atoms with van der Waals surface area (Å²) in [5.41, 5.74) is 0.872. The second-order valence-corrected chi connectivity index (χ2v) is 3.37.